The molecule has 5 nitrogen and oxygen atoms in total. The van der Waals surface area contributed by atoms with Crippen LogP contribution < -0.4 is 5.73 Å². The van der Waals surface area contributed by atoms with Crippen molar-refractivity contribution in [2.45, 2.75) is 49.6 Å². The van der Waals surface area contributed by atoms with Crippen molar-refractivity contribution in [2.24, 2.45) is 11.7 Å². The van der Waals surface area contributed by atoms with Gasteiger partial charge in [0.1, 0.15) is 6.04 Å². The SMILES string of the molecule is NC(=O)[C@H](Cc1ccc(Br)cc1)N(C(=O)C1(c2ccc(Cl)cc2Cl)CC1)C1CN2CCC1CC2. The number of carbonyl (C=O) groups is 2. The summed E-state index contributed by atoms with van der Waals surface area (Å²) in [5, 5.41) is 1.03. The van der Waals surface area contributed by atoms with Crippen molar-refractivity contribution in [1.29, 1.82) is 0 Å². The summed E-state index contributed by atoms with van der Waals surface area (Å²) in [5.74, 6) is -0.126. The summed E-state index contributed by atoms with van der Waals surface area (Å²) in [4.78, 5) is 31.6. The number of hydrogen-bond acceptors (Lipinski definition) is 3. The topological polar surface area (TPSA) is 66.6 Å². The molecule has 1 unspecified atom stereocenters. The van der Waals surface area contributed by atoms with E-state index in [1.807, 2.05) is 35.2 Å². The molecular formula is C26H28BrCl2N3O2. The van der Waals surface area contributed by atoms with Crippen LogP contribution in [0.25, 0.3) is 0 Å². The molecule has 4 aliphatic rings. The number of rotatable bonds is 7. The van der Waals surface area contributed by atoms with E-state index in [2.05, 4.69) is 20.8 Å². The highest BCUT2D eigenvalue weighted by Crippen LogP contribution is 2.53. The zero-order chi connectivity index (χ0) is 24.0. The van der Waals surface area contributed by atoms with Crippen molar-refractivity contribution in [1.82, 2.24) is 9.80 Å². The summed E-state index contributed by atoms with van der Waals surface area (Å²) < 4.78 is 0.964. The number of carbonyl (C=O) groups excluding carboxylic acids is 2. The van der Waals surface area contributed by atoms with E-state index < -0.39 is 17.4 Å². The van der Waals surface area contributed by atoms with E-state index in [4.69, 9.17) is 28.9 Å². The average molecular weight is 565 g/mol. The lowest BCUT2D eigenvalue weighted by Crippen LogP contribution is -2.65. The molecule has 8 heteroatoms. The van der Waals surface area contributed by atoms with E-state index in [1.165, 1.54) is 0 Å². The second-order valence-corrected chi connectivity index (χ2v) is 11.6. The first kappa shape index (κ1) is 24.1. The predicted octanol–water partition coefficient (Wildman–Crippen LogP) is 4.81. The van der Waals surface area contributed by atoms with Crippen LogP contribution in [0.15, 0.2) is 46.9 Å². The Morgan fingerprint density at radius 3 is 2.32 bits per heavy atom. The molecule has 0 aromatic heterocycles. The first-order valence-electron chi connectivity index (χ1n) is 11.8. The fraction of sp³-hybridized carbons (Fsp3) is 0.462. The third kappa shape index (κ3) is 4.50. The lowest BCUT2D eigenvalue weighted by atomic mass is 9.80. The van der Waals surface area contributed by atoms with Crippen LogP contribution in [0, 0.1) is 5.92 Å². The molecule has 2 bridgehead atoms. The van der Waals surface area contributed by atoms with E-state index >= 15 is 0 Å². The summed E-state index contributed by atoms with van der Waals surface area (Å²) in [7, 11) is 0. The van der Waals surface area contributed by atoms with Crippen LogP contribution in [0.5, 0.6) is 0 Å². The highest BCUT2D eigenvalue weighted by atomic mass is 79.9. The molecular weight excluding hydrogens is 537 g/mol. The van der Waals surface area contributed by atoms with Gasteiger partial charge in [0.2, 0.25) is 11.8 Å². The Balaban J connectivity index is 1.54. The molecule has 4 fully saturated rings. The minimum absolute atomic E-state index is 0.0311. The van der Waals surface area contributed by atoms with Crippen LogP contribution in [-0.4, -0.2) is 53.3 Å². The summed E-state index contributed by atoms with van der Waals surface area (Å²) in [6.45, 7) is 2.88. The zero-order valence-corrected chi connectivity index (χ0v) is 22.0. The quantitative estimate of drug-likeness (QED) is 0.525. The maximum Gasteiger partial charge on any atom is 0.240 e. The molecule has 3 aliphatic heterocycles. The number of nitrogens with zero attached hydrogens (tertiary/aromatic N) is 2. The normalized spacial score (nSPS) is 25.6. The van der Waals surface area contributed by atoms with Crippen molar-refractivity contribution in [3.8, 4) is 0 Å². The van der Waals surface area contributed by atoms with Crippen molar-refractivity contribution < 1.29 is 9.59 Å². The van der Waals surface area contributed by atoms with Gasteiger partial charge in [-0.1, -0.05) is 57.3 Å². The van der Waals surface area contributed by atoms with Crippen molar-refractivity contribution in [3.63, 3.8) is 0 Å². The van der Waals surface area contributed by atoms with Gasteiger partial charge in [0.25, 0.3) is 0 Å². The summed E-state index contributed by atoms with van der Waals surface area (Å²) in [6.07, 6.45) is 3.87. The van der Waals surface area contributed by atoms with Crippen LogP contribution in [0.3, 0.4) is 0 Å². The highest BCUT2D eigenvalue weighted by molar-refractivity contribution is 9.10. The Morgan fingerprint density at radius 1 is 1.12 bits per heavy atom. The molecule has 1 saturated carbocycles. The van der Waals surface area contributed by atoms with Crippen LogP contribution in [0.2, 0.25) is 10.0 Å². The van der Waals surface area contributed by atoms with Crippen molar-refractivity contribution >= 4 is 50.9 Å². The molecule has 2 N–H and O–H groups in total. The Bertz CT molecular complexity index is 1100. The van der Waals surface area contributed by atoms with Gasteiger partial charge in [0, 0.05) is 33.5 Å². The highest BCUT2D eigenvalue weighted by Gasteiger charge is 2.57. The van der Waals surface area contributed by atoms with Gasteiger partial charge < -0.3 is 15.5 Å². The van der Waals surface area contributed by atoms with Gasteiger partial charge in [-0.3, -0.25) is 9.59 Å². The lowest BCUT2D eigenvalue weighted by Gasteiger charge is -2.51. The molecule has 2 aromatic carbocycles. The second-order valence-electron chi connectivity index (χ2n) is 9.87. The minimum Gasteiger partial charge on any atom is -0.368 e. The number of nitrogens with two attached hydrogens (primary N) is 1. The molecule has 3 heterocycles. The van der Waals surface area contributed by atoms with Crippen LogP contribution in [0.4, 0.5) is 0 Å². The molecule has 0 radical (unpaired) electrons. The fourth-order valence-corrected chi connectivity index (χ4v) is 6.65. The van der Waals surface area contributed by atoms with Gasteiger partial charge in [0.05, 0.1) is 5.41 Å². The van der Waals surface area contributed by atoms with Crippen molar-refractivity contribution in [2.75, 3.05) is 19.6 Å². The van der Waals surface area contributed by atoms with Gasteiger partial charge in [0.15, 0.2) is 0 Å². The first-order valence-corrected chi connectivity index (χ1v) is 13.4. The summed E-state index contributed by atoms with van der Waals surface area (Å²) in [5.41, 5.74) is 7.06. The molecule has 2 atom stereocenters. The predicted molar refractivity (Wildman–Crippen MR) is 138 cm³/mol. The summed E-state index contributed by atoms with van der Waals surface area (Å²) in [6, 6.07) is 12.4. The Labute approximate surface area is 218 Å². The maximum atomic E-state index is 14.4. The largest absolute Gasteiger partial charge is 0.368 e. The first-order chi connectivity index (χ1) is 16.3. The van der Waals surface area contributed by atoms with Gasteiger partial charge >= 0.3 is 0 Å². The number of halogens is 3. The number of hydrogen-bond donors (Lipinski definition) is 1. The van der Waals surface area contributed by atoms with Gasteiger partial charge in [-0.2, -0.15) is 0 Å². The molecule has 0 spiro atoms. The number of fused-ring (bicyclic) bond motifs is 3. The lowest BCUT2D eigenvalue weighted by molar-refractivity contribution is -0.149. The van der Waals surface area contributed by atoms with E-state index in [9.17, 15) is 9.59 Å². The molecule has 3 saturated heterocycles. The molecule has 2 amide bonds. The van der Waals surface area contributed by atoms with Crippen LogP contribution in [0.1, 0.15) is 36.8 Å². The molecule has 34 heavy (non-hydrogen) atoms. The van der Waals surface area contributed by atoms with Gasteiger partial charge in [-0.25, -0.2) is 0 Å². The maximum absolute atomic E-state index is 14.4. The standard InChI is InChI=1S/C26H28BrCl2N3O2/c27-18-3-1-16(2-4-18)13-22(24(30)33)32(23-15-31-11-7-17(23)8-12-31)25(34)26(9-10-26)20-6-5-19(28)14-21(20)29/h1-6,14,17,22-23H,7-13,15H2,(H2,30,33)/t22-,23?/m0/s1. The molecule has 2 aromatic rings. The minimum atomic E-state index is -0.721. The summed E-state index contributed by atoms with van der Waals surface area (Å²) >= 11 is 16.2. The zero-order valence-electron chi connectivity index (χ0n) is 18.9. The Hall–Kier alpha value is -1.60. The van der Waals surface area contributed by atoms with E-state index in [0.29, 0.717) is 35.2 Å². The smallest absolute Gasteiger partial charge is 0.240 e. The number of benzene rings is 2. The van der Waals surface area contributed by atoms with Crippen LogP contribution >= 0.6 is 39.1 Å². The van der Waals surface area contributed by atoms with E-state index in [-0.39, 0.29) is 11.9 Å². The van der Waals surface area contributed by atoms with Crippen LogP contribution in [-0.2, 0) is 21.4 Å². The van der Waals surface area contributed by atoms with E-state index in [1.54, 1.807) is 12.1 Å². The molecule has 180 valence electrons. The number of amides is 2. The molecule has 6 rings (SSSR count). The fourth-order valence-electron chi connectivity index (χ4n) is 5.80. The Kier molecular flexibility index (Phi) is 6.70. The van der Waals surface area contributed by atoms with E-state index in [0.717, 1.165) is 48.1 Å². The Morgan fingerprint density at radius 2 is 1.79 bits per heavy atom. The third-order valence-corrected chi connectivity index (χ3v) is 8.90. The molecule has 1 aliphatic carbocycles. The van der Waals surface area contributed by atoms with Crippen molar-refractivity contribution in [3.05, 3.63) is 68.1 Å². The average Bonchev–Trinajstić information content (AvgIpc) is 3.62. The van der Waals surface area contributed by atoms with Gasteiger partial charge in [-0.15, -0.1) is 0 Å². The third-order valence-electron chi connectivity index (χ3n) is 7.83. The number of primary amides is 1. The number of piperidine rings is 3. The monoisotopic (exact) mass is 563 g/mol. The van der Waals surface area contributed by atoms with Gasteiger partial charge in [-0.05, 0) is 80.1 Å². The second kappa shape index (κ2) is 9.45.